The largest absolute Gasteiger partial charge is 0.391 e. The number of aromatic nitrogens is 2. The predicted molar refractivity (Wildman–Crippen MR) is 71.5 cm³/mol. The van der Waals surface area contributed by atoms with Crippen LogP contribution < -0.4 is 11.1 Å². The standard InChI is InChI=1S/C13H19F3N4O/c14-13(15,16)9-1-3-10(4-2-9)18-12-6-8-20(19-12)7-5-11(17)21/h6,8-10H,1-5,7H2,(H2,17,21)(H,18,19). The van der Waals surface area contributed by atoms with E-state index in [1.807, 2.05) is 0 Å². The highest BCUT2D eigenvalue weighted by Crippen LogP contribution is 2.38. The van der Waals surface area contributed by atoms with E-state index in [9.17, 15) is 18.0 Å². The van der Waals surface area contributed by atoms with Gasteiger partial charge in [0.2, 0.25) is 5.91 Å². The third kappa shape index (κ3) is 4.64. The molecule has 1 aromatic rings. The van der Waals surface area contributed by atoms with Crippen molar-refractivity contribution < 1.29 is 18.0 Å². The molecule has 0 aliphatic heterocycles. The number of hydrogen-bond donors (Lipinski definition) is 2. The van der Waals surface area contributed by atoms with Crippen LogP contribution in [0.15, 0.2) is 12.3 Å². The number of aryl methyl sites for hydroxylation is 1. The van der Waals surface area contributed by atoms with Crippen LogP contribution >= 0.6 is 0 Å². The Balaban J connectivity index is 1.80. The molecule has 0 saturated heterocycles. The van der Waals surface area contributed by atoms with E-state index in [0.29, 0.717) is 25.2 Å². The molecule has 0 unspecified atom stereocenters. The van der Waals surface area contributed by atoms with Crippen molar-refractivity contribution in [1.29, 1.82) is 0 Å². The Kier molecular flexibility index (Phi) is 4.74. The zero-order chi connectivity index (χ0) is 15.5. The molecule has 2 rings (SSSR count). The van der Waals surface area contributed by atoms with Crippen molar-refractivity contribution in [2.24, 2.45) is 11.7 Å². The van der Waals surface area contributed by atoms with Crippen LogP contribution in [0.25, 0.3) is 0 Å². The average Bonchev–Trinajstić information content (AvgIpc) is 2.83. The van der Waals surface area contributed by atoms with Gasteiger partial charge in [-0.2, -0.15) is 18.3 Å². The highest BCUT2D eigenvalue weighted by atomic mass is 19.4. The molecular formula is C13H19F3N4O. The number of rotatable bonds is 5. The second-order valence-corrected chi connectivity index (χ2v) is 5.41. The third-order valence-electron chi connectivity index (χ3n) is 3.77. The number of carbonyl (C=O) groups is 1. The van der Waals surface area contributed by atoms with Gasteiger partial charge in [0.25, 0.3) is 0 Å². The molecule has 1 amide bonds. The quantitative estimate of drug-likeness (QED) is 0.876. The van der Waals surface area contributed by atoms with E-state index < -0.39 is 18.0 Å². The number of nitrogens with zero attached hydrogens (tertiary/aromatic N) is 2. The van der Waals surface area contributed by atoms with Gasteiger partial charge in [0, 0.05) is 31.3 Å². The predicted octanol–water partition coefficient (Wildman–Crippen LogP) is 2.29. The van der Waals surface area contributed by atoms with Gasteiger partial charge >= 0.3 is 6.18 Å². The van der Waals surface area contributed by atoms with E-state index in [0.717, 1.165) is 0 Å². The van der Waals surface area contributed by atoms with Crippen molar-refractivity contribution in [1.82, 2.24) is 9.78 Å². The molecule has 0 radical (unpaired) electrons. The summed E-state index contributed by atoms with van der Waals surface area (Å²) < 4.78 is 39.3. The van der Waals surface area contributed by atoms with Crippen molar-refractivity contribution in [2.45, 2.75) is 50.9 Å². The maximum absolute atomic E-state index is 12.6. The summed E-state index contributed by atoms with van der Waals surface area (Å²) in [7, 11) is 0. The van der Waals surface area contributed by atoms with Crippen LogP contribution in [0.1, 0.15) is 32.1 Å². The van der Waals surface area contributed by atoms with Gasteiger partial charge < -0.3 is 11.1 Å². The summed E-state index contributed by atoms with van der Waals surface area (Å²) in [4.78, 5) is 10.7. The normalized spacial score (nSPS) is 23.0. The van der Waals surface area contributed by atoms with E-state index in [-0.39, 0.29) is 25.3 Å². The molecule has 1 saturated carbocycles. The number of halogens is 3. The van der Waals surface area contributed by atoms with Gasteiger partial charge in [-0.15, -0.1) is 0 Å². The van der Waals surface area contributed by atoms with E-state index in [1.165, 1.54) is 0 Å². The van der Waals surface area contributed by atoms with Gasteiger partial charge in [0.1, 0.15) is 5.82 Å². The summed E-state index contributed by atoms with van der Waals surface area (Å²) in [5.41, 5.74) is 5.06. The summed E-state index contributed by atoms with van der Waals surface area (Å²) in [5.74, 6) is -0.955. The lowest BCUT2D eigenvalue weighted by Gasteiger charge is -2.30. The van der Waals surface area contributed by atoms with E-state index in [2.05, 4.69) is 10.4 Å². The maximum Gasteiger partial charge on any atom is 0.391 e. The van der Waals surface area contributed by atoms with Crippen molar-refractivity contribution in [3.05, 3.63) is 12.3 Å². The first-order valence-corrected chi connectivity index (χ1v) is 6.99. The minimum atomic E-state index is -4.08. The smallest absolute Gasteiger partial charge is 0.370 e. The summed E-state index contributed by atoms with van der Waals surface area (Å²) >= 11 is 0. The molecule has 5 nitrogen and oxygen atoms in total. The van der Waals surface area contributed by atoms with Crippen molar-refractivity contribution in [2.75, 3.05) is 5.32 Å². The molecule has 118 valence electrons. The fraction of sp³-hybridized carbons (Fsp3) is 0.692. The number of nitrogens with two attached hydrogens (primary N) is 1. The molecule has 1 aliphatic rings. The molecule has 0 bridgehead atoms. The first-order valence-electron chi connectivity index (χ1n) is 6.99. The Morgan fingerprint density at radius 2 is 2.05 bits per heavy atom. The number of anilines is 1. The average molecular weight is 304 g/mol. The maximum atomic E-state index is 12.6. The highest BCUT2D eigenvalue weighted by molar-refractivity contribution is 5.73. The summed E-state index contributed by atoms with van der Waals surface area (Å²) in [5, 5.41) is 7.37. The number of hydrogen-bond acceptors (Lipinski definition) is 3. The Morgan fingerprint density at radius 1 is 1.38 bits per heavy atom. The zero-order valence-corrected chi connectivity index (χ0v) is 11.6. The number of alkyl halides is 3. The molecule has 1 aromatic heterocycles. The van der Waals surface area contributed by atoms with E-state index in [4.69, 9.17) is 5.73 Å². The van der Waals surface area contributed by atoms with Gasteiger partial charge in [-0.25, -0.2) is 0 Å². The lowest BCUT2D eigenvalue weighted by Crippen LogP contribution is -2.32. The molecule has 3 N–H and O–H groups in total. The first kappa shape index (κ1) is 15.7. The molecule has 1 heterocycles. The Labute approximate surface area is 120 Å². The monoisotopic (exact) mass is 304 g/mol. The summed E-state index contributed by atoms with van der Waals surface area (Å²) in [6.45, 7) is 0.401. The molecular weight excluding hydrogens is 285 g/mol. The highest BCUT2D eigenvalue weighted by Gasteiger charge is 2.41. The van der Waals surface area contributed by atoms with E-state index in [1.54, 1.807) is 16.9 Å². The number of nitrogens with one attached hydrogen (secondary N) is 1. The third-order valence-corrected chi connectivity index (χ3v) is 3.77. The number of carbonyl (C=O) groups excluding carboxylic acids is 1. The molecule has 21 heavy (non-hydrogen) atoms. The van der Waals surface area contributed by atoms with Crippen LogP contribution in [0, 0.1) is 5.92 Å². The van der Waals surface area contributed by atoms with Gasteiger partial charge in [-0.3, -0.25) is 9.48 Å². The Morgan fingerprint density at radius 3 is 2.62 bits per heavy atom. The minimum absolute atomic E-state index is 0.0168. The summed E-state index contributed by atoms with van der Waals surface area (Å²) in [6.07, 6.45) is -0.879. The van der Waals surface area contributed by atoms with Crippen LogP contribution in [0.2, 0.25) is 0 Å². The van der Waals surface area contributed by atoms with Crippen molar-refractivity contribution in [3.63, 3.8) is 0 Å². The fourth-order valence-corrected chi connectivity index (χ4v) is 2.56. The second-order valence-electron chi connectivity index (χ2n) is 5.41. The van der Waals surface area contributed by atoms with Crippen molar-refractivity contribution >= 4 is 11.7 Å². The van der Waals surface area contributed by atoms with Gasteiger partial charge in [0.15, 0.2) is 0 Å². The molecule has 8 heteroatoms. The topological polar surface area (TPSA) is 72.9 Å². The molecule has 0 spiro atoms. The summed E-state index contributed by atoms with van der Waals surface area (Å²) in [6, 6.07) is 1.76. The van der Waals surface area contributed by atoms with E-state index >= 15 is 0 Å². The zero-order valence-electron chi connectivity index (χ0n) is 11.6. The van der Waals surface area contributed by atoms with Crippen LogP contribution in [0.4, 0.5) is 19.0 Å². The molecule has 0 atom stereocenters. The minimum Gasteiger partial charge on any atom is -0.370 e. The van der Waals surface area contributed by atoms with Crippen molar-refractivity contribution in [3.8, 4) is 0 Å². The first-order chi connectivity index (χ1) is 9.84. The Bertz CT molecular complexity index is 478. The lowest BCUT2D eigenvalue weighted by atomic mass is 9.85. The van der Waals surface area contributed by atoms with Gasteiger partial charge in [0.05, 0.1) is 5.92 Å². The molecule has 1 fully saturated rings. The van der Waals surface area contributed by atoms with Gasteiger partial charge in [-0.05, 0) is 25.7 Å². The Hall–Kier alpha value is -1.73. The van der Waals surface area contributed by atoms with Crippen LogP contribution in [0.3, 0.4) is 0 Å². The van der Waals surface area contributed by atoms with Crippen LogP contribution in [0.5, 0.6) is 0 Å². The molecule has 0 aromatic carbocycles. The van der Waals surface area contributed by atoms with Crippen LogP contribution in [-0.4, -0.2) is 27.9 Å². The number of primary amides is 1. The second kappa shape index (κ2) is 6.36. The lowest BCUT2D eigenvalue weighted by molar-refractivity contribution is -0.182. The molecule has 1 aliphatic carbocycles. The fourth-order valence-electron chi connectivity index (χ4n) is 2.56. The SMILES string of the molecule is NC(=O)CCn1ccc(NC2CCC(C(F)(F)F)CC2)n1. The van der Waals surface area contributed by atoms with Gasteiger partial charge in [-0.1, -0.05) is 0 Å². The number of amides is 1. The van der Waals surface area contributed by atoms with Crippen LogP contribution in [-0.2, 0) is 11.3 Å².